The maximum absolute atomic E-state index is 14.6. The number of nitrogens with zero attached hydrogens (tertiary/aromatic N) is 9. The topological polar surface area (TPSA) is 336 Å². The molecule has 6 aromatic heterocycles. The highest BCUT2D eigenvalue weighted by Gasteiger charge is 2.76. The Hall–Kier alpha value is -6.61. The Morgan fingerprint density at radius 1 is 0.753 bits per heavy atom. The van der Waals surface area contributed by atoms with Crippen LogP contribution < -0.4 is 33.2 Å². The summed E-state index contributed by atoms with van der Waals surface area (Å²) in [4.78, 5) is 41.9. The van der Waals surface area contributed by atoms with Gasteiger partial charge in [-0.1, -0.05) is 61.7 Å². The number of aliphatic hydroxyl groups is 3. The van der Waals surface area contributed by atoms with Gasteiger partial charge in [-0.25, -0.2) is 34.3 Å². The molecule has 1 saturated heterocycles. The van der Waals surface area contributed by atoms with Gasteiger partial charge < -0.3 is 66.8 Å². The summed E-state index contributed by atoms with van der Waals surface area (Å²) in [6.07, 6.45) is 5.33. The van der Waals surface area contributed by atoms with E-state index in [0.29, 0.717) is 91.8 Å². The first kappa shape index (κ1) is 61.3. The highest BCUT2D eigenvalue weighted by molar-refractivity contribution is 7.21. The average molecular weight is 1300 g/mol. The molecule has 2 aromatic carbocycles. The molecular formula is C62H71Cl3FN15O7S. The summed E-state index contributed by atoms with van der Waals surface area (Å²) in [6.45, 7) is 17.8. The zero-order valence-electron chi connectivity index (χ0n) is 50.7. The molecule has 4 saturated carbocycles. The lowest BCUT2D eigenvalue weighted by Gasteiger charge is -2.38. The number of fused-ring (bicyclic) bond motifs is 4. The van der Waals surface area contributed by atoms with Crippen molar-refractivity contribution in [1.82, 2.24) is 44.9 Å². The number of aryl methyl sites for hydroxylation is 3. The Morgan fingerprint density at radius 3 is 2.02 bits per heavy atom. The standard InChI is InChI=1S/C62H71Cl3FN15O7S/c1-25(2)16-33(43-29(6)85-53(71-43)39-46(63)73-55(67)76-49(39)79-58(7)13-10-30(23-82)28(58)5)21-60(9)87-45-31(24-83)11-15-62(45,88-60)81-50-40(47(64)74-56(68)77-50)52-70-36-19-32(26(3)18-37(36)86-52)22-61-35(44(61)84)12-14-59(61,8)80-51-41(48(65)75-57(69)78-51)54-72-42-27(4)17-34(66)20-38(42)89-54/h16-20,25,28,30-31,35,44-45,82-84H,10-15,21-24H2,1-9H3,(H3,67,73,76,79)(H3,68,74,77,81)(H3,69,75,78,80). The predicted molar refractivity (Wildman–Crippen MR) is 342 cm³/mol. The largest absolute Gasteiger partial charge is 0.441 e. The van der Waals surface area contributed by atoms with E-state index in [2.05, 4.69) is 81.6 Å². The van der Waals surface area contributed by atoms with Gasteiger partial charge in [-0.3, -0.25) is 0 Å². The molecule has 0 radical (unpaired) electrons. The molecule has 1 aliphatic heterocycles. The van der Waals surface area contributed by atoms with Crippen LogP contribution in [0.1, 0.15) is 115 Å². The van der Waals surface area contributed by atoms with Gasteiger partial charge in [0.2, 0.25) is 29.6 Å². The van der Waals surface area contributed by atoms with E-state index < -0.39 is 40.2 Å². The molecule has 8 aromatic rings. The number of nitrogen functional groups attached to an aromatic ring is 3. The van der Waals surface area contributed by atoms with Gasteiger partial charge in [0.05, 0.1) is 21.9 Å². The van der Waals surface area contributed by atoms with Crippen molar-refractivity contribution in [1.29, 1.82) is 0 Å². The molecule has 27 heteroatoms. The molecule has 11 atom stereocenters. The number of oxazole rings is 2. The van der Waals surface area contributed by atoms with Gasteiger partial charge in [0.15, 0.2) is 17.1 Å². The normalized spacial score (nSPS) is 29.0. The minimum absolute atomic E-state index is 0.0203. The van der Waals surface area contributed by atoms with Gasteiger partial charge in [-0.05, 0) is 157 Å². The number of hydrogen-bond acceptors (Lipinski definition) is 23. The molecule has 89 heavy (non-hydrogen) atoms. The Bertz CT molecular complexity index is 4210. The highest BCUT2D eigenvalue weighted by Crippen LogP contribution is 2.70. The molecule has 5 aliphatic rings. The van der Waals surface area contributed by atoms with E-state index in [-0.39, 0.29) is 112 Å². The van der Waals surface area contributed by atoms with Crippen LogP contribution in [-0.4, -0.2) is 108 Å². The minimum Gasteiger partial charge on any atom is -0.441 e. The van der Waals surface area contributed by atoms with Gasteiger partial charge in [-0.2, -0.15) is 15.0 Å². The van der Waals surface area contributed by atoms with Crippen molar-refractivity contribution in [2.24, 2.45) is 35.0 Å². The lowest BCUT2D eigenvalue weighted by atomic mass is 9.77. The van der Waals surface area contributed by atoms with Gasteiger partial charge in [0.25, 0.3) is 0 Å². The van der Waals surface area contributed by atoms with Crippen LogP contribution in [0.2, 0.25) is 15.5 Å². The van der Waals surface area contributed by atoms with Gasteiger partial charge in [0.1, 0.15) is 77.9 Å². The number of allylic oxidation sites excluding steroid dienone is 1. The second kappa shape index (κ2) is 22.1. The van der Waals surface area contributed by atoms with E-state index in [1.165, 1.54) is 23.5 Å². The van der Waals surface area contributed by atoms with Crippen molar-refractivity contribution < 1.29 is 38.0 Å². The molecule has 4 aliphatic carbocycles. The second-order valence-corrected chi connectivity index (χ2v) is 28.1. The van der Waals surface area contributed by atoms with E-state index in [4.69, 9.17) is 90.2 Å². The van der Waals surface area contributed by atoms with Crippen molar-refractivity contribution in [3.05, 3.63) is 79.8 Å². The second-order valence-electron chi connectivity index (χ2n) is 26.0. The number of anilines is 6. The first-order valence-electron chi connectivity index (χ1n) is 29.9. The van der Waals surface area contributed by atoms with Crippen LogP contribution in [0.4, 0.5) is 39.7 Å². The number of rotatable bonds is 17. The molecule has 12 N–H and O–H groups in total. The van der Waals surface area contributed by atoms with Crippen LogP contribution in [0.3, 0.4) is 0 Å². The lowest BCUT2D eigenvalue weighted by Crippen LogP contribution is -2.46. The average Bonchev–Trinajstić information content (AvgIpc) is 1.50. The number of halogens is 4. The Kier molecular flexibility index (Phi) is 15.2. The van der Waals surface area contributed by atoms with Crippen molar-refractivity contribution >= 4 is 108 Å². The molecule has 5 fully saturated rings. The van der Waals surface area contributed by atoms with Crippen molar-refractivity contribution in [3.8, 4) is 33.5 Å². The van der Waals surface area contributed by atoms with Gasteiger partial charge >= 0.3 is 0 Å². The fraction of sp³-hybridized carbons (Fsp3) is 0.500. The molecule has 7 heterocycles. The first-order valence-corrected chi connectivity index (χ1v) is 31.9. The fourth-order valence-electron chi connectivity index (χ4n) is 15.0. The zero-order chi connectivity index (χ0) is 63.2. The zero-order valence-corrected chi connectivity index (χ0v) is 53.7. The van der Waals surface area contributed by atoms with Crippen LogP contribution in [0.15, 0.2) is 39.2 Å². The molecule has 22 nitrogen and oxygen atoms in total. The minimum atomic E-state index is -1.33. The van der Waals surface area contributed by atoms with E-state index in [0.717, 1.165) is 36.0 Å². The third-order valence-corrected chi connectivity index (χ3v) is 21.6. The van der Waals surface area contributed by atoms with E-state index in [9.17, 15) is 19.7 Å². The summed E-state index contributed by atoms with van der Waals surface area (Å²) in [7, 11) is 0. The number of ether oxygens (including phenoxy) is 2. The van der Waals surface area contributed by atoms with E-state index in [1.54, 1.807) is 6.92 Å². The third-order valence-electron chi connectivity index (χ3n) is 19.8. The predicted octanol–water partition coefficient (Wildman–Crippen LogP) is 11.7. The number of thiazole rings is 1. The molecular weight excluding hydrogens is 1220 g/mol. The first-order chi connectivity index (χ1) is 42.2. The van der Waals surface area contributed by atoms with Crippen LogP contribution in [0.25, 0.3) is 60.4 Å². The molecule has 11 unspecified atom stereocenters. The smallest absolute Gasteiger partial charge is 0.234 e. The molecule has 0 spiro atoms. The van der Waals surface area contributed by atoms with Crippen LogP contribution in [-0.2, 0) is 15.9 Å². The van der Waals surface area contributed by atoms with Crippen molar-refractivity contribution in [2.45, 2.75) is 148 Å². The maximum Gasteiger partial charge on any atom is 0.234 e. The third kappa shape index (κ3) is 10.4. The van der Waals surface area contributed by atoms with Crippen LogP contribution >= 0.6 is 46.1 Å². The Balaban J connectivity index is 0.791. The molecule has 0 bridgehead atoms. The Labute approximate surface area is 531 Å². The highest BCUT2D eigenvalue weighted by atomic mass is 35.5. The molecule has 13 rings (SSSR count). The summed E-state index contributed by atoms with van der Waals surface area (Å²) < 4.78 is 42.5. The van der Waals surface area contributed by atoms with E-state index >= 15 is 0 Å². The number of nitrogens with two attached hydrogens (primary N) is 3. The summed E-state index contributed by atoms with van der Waals surface area (Å²) >= 11 is 22.1. The number of nitrogens with one attached hydrogen (secondary N) is 3. The molecule has 0 amide bonds. The fourth-order valence-corrected chi connectivity index (χ4v) is 17.0. The van der Waals surface area contributed by atoms with Crippen LogP contribution in [0, 0.1) is 61.6 Å². The summed E-state index contributed by atoms with van der Waals surface area (Å²) in [5, 5.41) is 44.4. The number of aliphatic hydroxyl groups excluding tert-OH is 3. The summed E-state index contributed by atoms with van der Waals surface area (Å²) in [5.41, 5.74) is 22.1. The molecule has 470 valence electrons. The lowest BCUT2D eigenvalue weighted by molar-refractivity contribution is -0.177. The van der Waals surface area contributed by atoms with Crippen molar-refractivity contribution in [2.75, 3.05) is 46.4 Å². The van der Waals surface area contributed by atoms with Crippen LogP contribution in [0.5, 0.6) is 0 Å². The number of benzene rings is 2. The SMILES string of the molecule is Cc1cc2oc(-c3c(Cl)nc(N)nc3NC34CCC(CO)C3OC(C)(CC(=CC(C)C)c3nc(-c5c(Cl)nc(N)nc5NC5(C)CCC(CO)C5C)oc3C)O4)nc2cc1CC12C(O)C1CCC2(C)Nc1nc(N)nc(Cl)c1-c1nc2c(C)cc(F)cc2s1. The number of aromatic nitrogens is 9. The Morgan fingerprint density at radius 2 is 1.38 bits per heavy atom. The number of hydrogen-bond donors (Lipinski definition) is 9. The van der Waals surface area contributed by atoms with Crippen molar-refractivity contribution in [3.63, 3.8) is 0 Å². The summed E-state index contributed by atoms with van der Waals surface area (Å²) in [6, 6.07) is 6.77. The summed E-state index contributed by atoms with van der Waals surface area (Å²) in [5.74, 6) is -0.344. The van der Waals surface area contributed by atoms with Gasteiger partial charge in [0, 0.05) is 42.0 Å². The monoisotopic (exact) mass is 1290 g/mol. The quantitative estimate of drug-likeness (QED) is 0.0382. The van der Waals surface area contributed by atoms with Gasteiger partial charge in [-0.15, -0.1) is 11.3 Å². The van der Waals surface area contributed by atoms with E-state index in [1.807, 2.05) is 32.9 Å². The maximum atomic E-state index is 14.6.